The van der Waals surface area contributed by atoms with E-state index < -0.39 is 10.0 Å². The van der Waals surface area contributed by atoms with Crippen LogP contribution < -0.4 is 4.74 Å². The summed E-state index contributed by atoms with van der Waals surface area (Å²) in [5.41, 5.74) is 0.922. The highest BCUT2D eigenvalue weighted by atomic mass is 35.5. The average molecular weight is 455 g/mol. The Balaban J connectivity index is 1.39. The van der Waals surface area contributed by atoms with Gasteiger partial charge >= 0.3 is 0 Å². The van der Waals surface area contributed by atoms with Gasteiger partial charge in [-0.15, -0.1) is 0 Å². The third-order valence-corrected chi connectivity index (χ3v) is 7.68. The zero-order valence-corrected chi connectivity index (χ0v) is 17.9. The Morgan fingerprint density at radius 3 is 2.31 bits per heavy atom. The second-order valence-corrected chi connectivity index (χ2v) is 9.96. The number of ether oxygens (including phenoxy) is 1. The summed E-state index contributed by atoms with van der Waals surface area (Å²) in [7, 11) is -3.60. The molecule has 0 saturated carbocycles. The van der Waals surface area contributed by atoms with Crippen LogP contribution in [0.1, 0.15) is 5.56 Å². The number of carbonyl (C=O) groups excluding carboxylic acids is 1. The van der Waals surface area contributed by atoms with E-state index in [0.717, 1.165) is 11.3 Å². The van der Waals surface area contributed by atoms with Gasteiger partial charge in [0.2, 0.25) is 15.9 Å². The Kier molecular flexibility index (Phi) is 5.75. The number of fused-ring (bicyclic) bond motifs is 1. The van der Waals surface area contributed by atoms with E-state index in [4.69, 9.17) is 27.9 Å². The fraction of sp³-hybridized carbons (Fsp3) is 0.350. The van der Waals surface area contributed by atoms with Crippen molar-refractivity contribution in [3.05, 3.63) is 58.1 Å². The van der Waals surface area contributed by atoms with E-state index in [1.165, 1.54) is 16.4 Å². The quantitative estimate of drug-likeness (QED) is 0.714. The van der Waals surface area contributed by atoms with Crippen molar-refractivity contribution in [2.45, 2.75) is 11.3 Å². The molecule has 154 valence electrons. The van der Waals surface area contributed by atoms with Crippen molar-refractivity contribution in [2.75, 3.05) is 32.8 Å². The van der Waals surface area contributed by atoms with Gasteiger partial charge in [-0.05, 0) is 54.4 Å². The van der Waals surface area contributed by atoms with Gasteiger partial charge in [-0.1, -0.05) is 23.2 Å². The summed E-state index contributed by atoms with van der Waals surface area (Å²) in [4.78, 5) is 14.9. The van der Waals surface area contributed by atoms with Crippen molar-refractivity contribution in [1.82, 2.24) is 9.21 Å². The van der Waals surface area contributed by atoms with Gasteiger partial charge < -0.3 is 9.64 Å². The molecule has 9 heteroatoms. The van der Waals surface area contributed by atoms with E-state index in [2.05, 4.69) is 0 Å². The van der Waals surface area contributed by atoms with E-state index in [1.54, 1.807) is 23.1 Å². The van der Waals surface area contributed by atoms with Gasteiger partial charge in [-0.2, -0.15) is 4.31 Å². The van der Waals surface area contributed by atoms with Gasteiger partial charge in [-0.25, -0.2) is 8.42 Å². The van der Waals surface area contributed by atoms with Crippen LogP contribution >= 0.6 is 23.2 Å². The summed E-state index contributed by atoms with van der Waals surface area (Å²) >= 11 is 11.9. The van der Waals surface area contributed by atoms with Crippen LogP contribution in [0.2, 0.25) is 10.0 Å². The van der Waals surface area contributed by atoms with Crippen molar-refractivity contribution in [3.8, 4) is 5.75 Å². The van der Waals surface area contributed by atoms with E-state index in [9.17, 15) is 13.2 Å². The van der Waals surface area contributed by atoms with Crippen LogP contribution in [-0.2, 0) is 21.2 Å². The van der Waals surface area contributed by atoms with Crippen LogP contribution in [0.25, 0.3) is 0 Å². The average Bonchev–Trinajstić information content (AvgIpc) is 2.73. The van der Waals surface area contributed by atoms with Gasteiger partial charge in [0.15, 0.2) is 0 Å². The molecule has 0 aromatic heterocycles. The van der Waals surface area contributed by atoms with Crippen LogP contribution in [0.3, 0.4) is 0 Å². The Labute approximate surface area is 180 Å². The minimum atomic E-state index is -3.60. The summed E-state index contributed by atoms with van der Waals surface area (Å²) in [5, 5.41) is 1.10. The summed E-state index contributed by atoms with van der Waals surface area (Å²) in [5.74, 6) is 0.455. The molecular weight excluding hydrogens is 435 g/mol. The summed E-state index contributed by atoms with van der Waals surface area (Å²) < 4.78 is 32.7. The van der Waals surface area contributed by atoms with Crippen molar-refractivity contribution >= 4 is 39.1 Å². The summed E-state index contributed by atoms with van der Waals surface area (Å²) in [6.45, 7) is 1.53. The lowest BCUT2D eigenvalue weighted by Crippen LogP contribution is -2.52. The number of amides is 1. The number of rotatable bonds is 3. The Morgan fingerprint density at radius 1 is 0.966 bits per heavy atom. The molecule has 0 bridgehead atoms. The lowest BCUT2D eigenvalue weighted by Gasteiger charge is -2.36. The lowest BCUT2D eigenvalue weighted by molar-refractivity contribution is -0.138. The molecule has 0 unspecified atom stereocenters. The maximum absolute atomic E-state index is 12.9. The number of nitrogens with zero attached hydrogens (tertiary/aromatic N) is 2. The first-order valence-corrected chi connectivity index (χ1v) is 11.5. The fourth-order valence-corrected chi connectivity index (χ4v) is 5.43. The smallest absolute Gasteiger partial charge is 0.243 e. The van der Waals surface area contributed by atoms with Crippen molar-refractivity contribution in [1.29, 1.82) is 0 Å². The molecule has 0 N–H and O–H groups in total. The molecule has 29 heavy (non-hydrogen) atoms. The largest absolute Gasteiger partial charge is 0.492 e. The number of benzene rings is 2. The zero-order chi connectivity index (χ0) is 20.6. The van der Waals surface area contributed by atoms with E-state index in [0.29, 0.717) is 36.2 Å². The first kappa shape index (κ1) is 20.5. The minimum absolute atomic E-state index is 0.0147. The molecule has 2 aliphatic rings. The fourth-order valence-electron chi connectivity index (χ4n) is 3.68. The normalized spacial score (nSPS) is 20.1. The summed E-state index contributed by atoms with van der Waals surface area (Å²) in [6, 6.07) is 11.5. The monoisotopic (exact) mass is 454 g/mol. The Hall–Kier alpha value is -1.80. The number of halogens is 2. The topological polar surface area (TPSA) is 66.9 Å². The molecule has 2 aliphatic heterocycles. The van der Waals surface area contributed by atoms with Crippen LogP contribution in [0.15, 0.2) is 47.4 Å². The molecule has 0 spiro atoms. The first-order valence-electron chi connectivity index (χ1n) is 9.30. The third kappa shape index (κ3) is 4.23. The maximum Gasteiger partial charge on any atom is 0.243 e. The van der Waals surface area contributed by atoms with E-state index in [1.807, 2.05) is 12.1 Å². The van der Waals surface area contributed by atoms with Crippen molar-refractivity contribution in [3.63, 3.8) is 0 Å². The molecule has 2 aromatic carbocycles. The third-order valence-electron chi connectivity index (χ3n) is 5.28. The molecule has 4 rings (SSSR count). The van der Waals surface area contributed by atoms with Gasteiger partial charge in [0.05, 0.1) is 10.8 Å². The van der Waals surface area contributed by atoms with Crippen molar-refractivity contribution < 1.29 is 17.9 Å². The molecule has 1 amide bonds. The summed E-state index contributed by atoms with van der Waals surface area (Å²) in [6.07, 6.45) is 0.567. The second-order valence-electron chi connectivity index (χ2n) is 7.15. The predicted molar refractivity (Wildman–Crippen MR) is 111 cm³/mol. The van der Waals surface area contributed by atoms with Crippen LogP contribution in [0.4, 0.5) is 0 Å². The van der Waals surface area contributed by atoms with Crippen LogP contribution in [0.5, 0.6) is 5.75 Å². The first-order chi connectivity index (χ1) is 13.8. The molecular formula is C20H20Cl2N2O4S. The highest BCUT2D eigenvalue weighted by Gasteiger charge is 2.34. The Morgan fingerprint density at radius 2 is 1.62 bits per heavy atom. The maximum atomic E-state index is 12.9. The molecule has 6 nitrogen and oxygen atoms in total. The highest BCUT2D eigenvalue weighted by molar-refractivity contribution is 7.89. The molecule has 2 heterocycles. The number of hydrogen-bond donors (Lipinski definition) is 0. The molecule has 2 aromatic rings. The van der Waals surface area contributed by atoms with Gasteiger partial charge in [0.1, 0.15) is 12.4 Å². The van der Waals surface area contributed by atoms with E-state index in [-0.39, 0.29) is 29.8 Å². The highest BCUT2D eigenvalue weighted by Crippen LogP contribution is 2.31. The zero-order valence-electron chi connectivity index (χ0n) is 15.6. The number of piperazine rings is 1. The van der Waals surface area contributed by atoms with Gasteiger partial charge in [-0.3, -0.25) is 4.79 Å². The standard InChI is InChI=1S/C20H20Cl2N2O4S/c21-16-1-4-18(5-2-16)29(26,27)24-9-7-23(8-10-24)20(25)15-11-14-12-17(22)3-6-19(14)28-13-15/h1-6,12,15H,7-11,13H2/t15-/m1/s1. The lowest BCUT2D eigenvalue weighted by atomic mass is 9.95. The molecule has 0 radical (unpaired) electrons. The second kappa shape index (κ2) is 8.14. The van der Waals surface area contributed by atoms with Gasteiger partial charge in [0, 0.05) is 36.2 Å². The number of hydrogen-bond acceptors (Lipinski definition) is 4. The molecule has 0 aliphatic carbocycles. The van der Waals surface area contributed by atoms with E-state index >= 15 is 0 Å². The minimum Gasteiger partial charge on any atom is -0.492 e. The molecule has 1 fully saturated rings. The Bertz CT molecular complexity index is 1020. The van der Waals surface area contributed by atoms with Crippen LogP contribution in [0, 0.1) is 5.92 Å². The van der Waals surface area contributed by atoms with Crippen LogP contribution in [-0.4, -0.2) is 56.3 Å². The number of carbonyl (C=O) groups is 1. The number of sulfonamides is 1. The SMILES string of the molecule is O=C([C@H]1COc2ccc(Cl)cc2C1)N1CCN(S(=O)(=O)c2ccc(Cl)cc2)CC1. The predicted octanol–water partition coefficient (Wildman–Crippen LogP) is 3.08. The molecule has 1 atom stereocenters. The van der Waals surface area contributed by atoms with Gasteiger partial charge in [0.25, 0.3) is 0 Å². The van der Waals surface area contributed by atoms with Crippen molar-refractivity contribution in [2.24, 2.45) is 5.92 Å². The molecule has 1 saturated heterocycles.